The molecule has 84 heavy (non-hydrogen) atoms. The first kappa shape index (κ1) is 49.9. The molecule has 0 aliphatic carbocycles. The molecular weight excluding hydrogens is 1020 g/mol. The van der Waals surface area contributed by atoms with Crippen LogP contribution in [0.4, 0.5) is 0 Å². The Labute approximate surface area is 484 Å². The molecule has 0 unspecified atom stereocenters. The third-order valence-electron chi connectivity index (χ3n) is 16.0. The van der Waals surface area contributed by atoms with Crippen molar-refractivity contribution in [3.05, 3.63) is 283 Å². The summed E-state index contributed by atoms with van der Waals surface area (Å²) in [4.78, 5) is 5.24. The normalized spacial score (nSPS) is 11.0. The van der Waals surface area contributed by atoms with Gasteiger partial charge in [-0.25, -0.2) is 4.98 Å². The molecule has 3 aromatic heterocycles. The third-order valence-corrected chi connectivity index (χ3v) is 16.0. The second kappa shape index (κ2) is 20.7. The van der Waals surface area contributed by atoms with Gasteiger partial charge in [0.05, 0.1) is 103 Å². The number of hydrogen-bond acceptors (Lipinski definition) is 6. The molecule has 0 bridgehead atoms. The molecule has 0 atom stereocenters. The molecule has 0 amide bonds. The monoisotopic (exact) mass is 1070 g/mol. The van der Waals surface area contributed by atoms with Crippen molar-refractivity contribution in [3.63, 3.8) is 0 Å². The molecule has 8 heteroatoms. The SMILES string of the molecule is N#Cc1ccccc1-c1ccc2c(c1)c1cc(-c3ccccc3C#N)ccc1n2-c1cc(C#N)c(-c2cc(-c3ccccc3)nc(-c3ccccc3)c2)cc1-n1c2ccc(-c3ccccc3C#N)cc2c2cc(-c3ccccc3C#N)ccc21. The third kappa shape index (κ3) is 8.39. The molecule has 0 N–H and O–H groups in total. The second-order valence-electron chi connectivity index (χ2n) is 20.6. The fraction of sp³-hybridized carbons (Fsp3) is 0. The first-order valence-electron chi connectivity index (χ1n) is 27.3. The van der Waals surface area contributed by atoms with Crippen LogP contribution in [-0.4, -0.2) is 14.1 Å². The Hall–Kier alpha value is -12.4. The van der Waals surface area contributed by atoms with E-state index in [9.17, 15) is 26.3 Å². The van der Waals surface area contributed by atoms with E-state index < -0.39 is 0 Å². The molecular formula is C76H42N8. The lowest BCUT2D eigenvalue weighted by molar-refractivity contribution is 1.09. The molecule has 3 heterocycles. The summed E-state index contributed by atoms with van der Waals surface area (Å²) in [5.74, 6) is 0. The predicted octanol–water partition coefficient (Wildman–Crippen LogP) is 18.3. The van der Waals surface area contributed by atoms with Crippen LogP contribution in [0.5, 0.6) is 0 Å². The van der Waals surface area contributed by atoms with Crippen LogP contribution >= 0.6 is 0 Å². The van der Waals surface area contributed by atoms with Gasteiger partial charge >= 0.3 is 0 Å². The Balaban J connectivity index is 1.13. The Morgan fingerprint density at radius 3 is 0.857 bits per heavy atom. The zero-order valence-corrected chi connectivity index (χ0v) is 44.8. The Morgan fingerprint density at radius 1 is 0.238 bits per heavy atom. The zero-order chi connectivity index (χ0) is 56.8. The molecule has 386 valence electrons. The van der Waals surface area contributed by atoms with Crippen LogP contribution in [-0.2, 0) is 0 Å². The maximum absolute atomic E-state index is 11.7. The fourth-order valence-corrected chi connectivity index (χ4v) is 12.0. The molecule has 0 saturated carbocycles. The number of aromatic nitrogens is 3. The van der Waals surface area contributed by atoms with E-state index in [0.717, 1.165) is 122 Å². The van der Waals surface area contributed by atoms with E-state index in [1.165, 1.54) is 0 Å². The van der Waals surface area contributed by atoms with Gasteiger partial charge in [0.15, 0.2) is 0 Å². The van der Waals surface area contributed by atoms with Gasteiger partial charge in [-0.15, -0.1) is 0 Å². The average molecular weight is 1070 g/mol. The van der Waals surface area contributed by atoms with E-state index in [1.807, 2.05) is 176 Å². The van der Waals surface area contributed by atoms with Crippen molar-refractivity contribution in [1.82, 2.24) is 14.1 Å². The number of benzene rings is 11. The summed E-state index contributed by atoms with van der Waals surface area (Å²) in [6.07, 6.45) is 0. The van der Waals surface area contributed by atoms with Crippen LogP contribution in [0.2, 0.25) is 0 Å². The number of fused-ring (bicyclic) bond motifs is 6. The summed E-state index contributed by atoms with van der Waals surface area (Å²) in [7, 11) is 0. The van der Waals surface area contributed by atoms with Crippen molar-refractivity contribution in [2.45, 2.75) is 0 Å². The van der Waals surface area contributed by atoms with Gasteiger partial charge in [-0.1, -0.05) is 158 Å². The molecule has 0 saturated heterocycles. The largest absolute Gasteiger partial charge is 0.307 e. The minimum atomic E-state index is 0.429. The summed E-state index contributed by atoms with van der Waals surface area (Å²) in [5, 5.41) is 56.8. The molecule has 0 radical (unpaired) electrons. The Morgan fingerprint density at radius 2 is 0.536 bits per heavy atom. The lowest BCUT2D eigenvalue weighted by Gasteiger charge is -2.20. The maximum atomic E-state index is 11.7. The van der Waals surface area contributed by atoms with E-state index >= 15 is 0 Å². The smallest absolute Gasteiger partial charge is 0.0998 e. The topological polar surface area (TPSA) is 142 Å². The van der Waals surface area contributed by atoms with Gasteiger partial charge < -0.3 is 9.13 Å². The lowest BCUT2D eigenvalue weighted by Crippen LogP contribution is -2.06. The predicted molar refractivity (Wildman–Crippen MR) is 335 cm³/mol. The zero-order valence-electron chi connectivity index (χ0n) is 44.8. The summed E-state index contributed by atoms with van der Waals surface area (Å²) >= 11 is 0. The van der Waals surface area contributed by atoms with E-state index in [4.69, 9.17) is 4.98 Å². The first-order valence-corrected chi connectivity index (χ1v) is 27.3. The summed E-state index contributed by atoms with van der Waals surface area (Å²) in [6, 6.07) is 96.3. The van der Waals surface area contributed by atoms with E-state index in [1.54, 1.807) is 0 Å². The van der Waals surface area contributed by atoms with Gasteiger partial charge in [0, 0.05) is 38.2 Å². The highest BCUT2D eigenvalue weighted by molar-refractivity contribution is 6.14. The highest BCUT2D eigenvalue weighted by atomic mass is 15.1. The number of pyridine rings is 1. The number of nitrogens with zero attached hydrogens (tertiary/aromatic N) is 8. The van der Waals surface area contributed by atoms with Crippen molar-refractivity contribution in [2.75, 3.05) is 0 Å². The minimum Gasteiger partial charge on any atom is -0.307 e. The van der Waals surface area contributed by atoms with Crippen LogP contribution in [0.25, 0.3) is 133 Å². The van der Waals surface area contributed by atoms with Gasteiger partial charge in [-0.05, 0) is 147 Å². The van der Waals surface area contributed by atoms with Crippen molar-refractivity contribution < 1.29 is 0 Å². The van der Waals surface area contributed by atoms with E-state index in [-0.39, 0.29) is 0 Å². The first-order chi connectivity index (χ1) is 41.4. The van der Waals surface area contributed by atoms with Gasteiger partial charge in [0.25, 0.3) is 0 Å². The molecule has 0 aliphatic heterocycles. The average Bonchev–Trinajstić information content (AvgIpc) is 2.35. The van der Waals surface area contributed by atoms with Crippen LogP contribution < -0.4 is 0 Å². The number of nitriles is 5. The van der Waals surface area contributed by atoms with Crippen molar-refractivity contribution >= 4 is 43.6 Å². The van der Waals surface area contributed by atoms with E-state index in [0.29, 0.717) is 39.1 Å². The molecule has 8 nitrogen and oxygen atoms in total. The molecule has 14 rings (SSSR count). The van der Waals surface area contributed by atoms with Crippen molar-refractivity contribution in [3.8, 4) is 120 Å². The summed E-state index contributed by atoms with van der Waals surface area (Å²) < 4.78 is 4.50. The molecule has 11 aromatic carbocycles. The number of rotatable bonds is 9. The van der Waals surface area contributed by atoms with Gasteiger partial charge in [-0.3, -0.25) is 0 Å². The molecule has 0 spiro atoms. The molecule has 0 aliphatic rings. The quantitative estimate of drug-likeness (QED) is 0.141. The highest BCUT2D eigenvalue weighted by Crippen LogP contribution is 2.45. The van der Waals surface area contributed by atoms with Gasteiger partial charge in [0.1, 0.15) is 0 Å². The van der Waals surface area contributed by atoms with Crippen LogP contribution in [0.15, 0.2) is 255 Å². The van der Waals surface area contributed by atoms with Crippen molar-refractivity contribution in [2.24, 2.45) is 0 Å². The number of hydrogen-bond donors (Lipinski definition) is 0. The Bertz CT molecular complexity index is 4980. The highest BCUT2D eigenvalue weighted by Gasteiger charge is 2.25. The van der Waals surface area contributed by atoms with Crippen LogP contribution in [0, 0.1) is 56.7 Å². The van der Waals surface area contributed by atoms with Crippen LogP contribution in [0.3, 0.4) is 0 Å². The van der Waals surface area contributed by atoms with Crippen molar-refractivity contribution in [1.29, 1.82) is 26.3 Å². The van der Waals surface area contributed by atoms with E-state index in [2.05, 4.69) is 118 Å². The maximum Gasteiger partial charge on any atom is 0.0998 e. The summed E-state index contributed by atoms with van der Waals surface area (Å²) in [6.45, 7) is 0. The molecule has 14 aromatic rings. The standard InChI is InChI=1S/C76H42N8/c77-43-54-19-7-11-23-60(54)50-27-31-71-65(35-50)66-36-51(61-24-12-8-20-55(61)44-78)28-32-72(66)83(71)75-41-59(47-81)64(58-39-69(48-15-3-1-4-16-48)82-70(40-58)49-17-5-2-6-18-49)42-76(75)84-73-33-29-52(62-25-13-9-21-56(62)45-79)37-67(73)68-38-53(30-34-74(68)84)63-26-14-10-22-57(63)46-80/h1-42H. The fourth-order valence-electron chi connectivity index (χ4n) is 12.0. The lowest BCUT2D eigenvalue weighted by atomic mass is 9.95. The summed E-state index contributed by atoms with van der Waals surface area (Å²) in [5.41, 5.74) is 19.0. The van der Waals surface area contributed by atoms with Gasteiger partial charge in [-0.2, -0.15) is 26.3 Å². The van der Waals surface area contributed by atoms with Gasteiger partial charge in [0.2, 0.25) is 0 Å². The minimum absolute atomic E-state index is 0.429. The molecule has 0 fully saturated rings. The Kier molecular flexibility index (Phi) is 12.3. The second-order valence-corrected chi connectivity index (χ2v) is 20.6. The van der Waals surface area contributed by atoms with Crippen LogP contribution in [0.1, 0.15) is 27.8 Å².